The topological polar surface area (TPSA) is 54.5 Å². The summed E-state index contributed by atoms with van der Waals surface area (Å²) in [7, 11) is 0. The zero-order valence-electron chi connectivity index (χ0n) is 13.0. The number of carbonyl (C=O) groups excluding carboxylic acids is 3. The van der Waals surface area contributed by atoms with Gasteiger partial charge in [-0.15, -0.1) is 11.3 Å². The second kappa shape index (κ2) is 5.41. The maximum absolute atomic E-state index is 12.9. The Balaban J connectivity index is 1.67. The van der Waals surface area contributed by atoms with Crippen molar-refractivity contribution in [3.63, 3.8) is 0 Å². The Hall–Kier alpha value is -1.75. The smallest absolute Gasteiger partial charge is 0.263 e. The predicted octanol–water partition coefficient (Wildman–Crippen LogP) is 3.68. The van der Waals surface area contributed by atoms with E-state index < -0.39 is 6.04 Å². The van der Waals surface area contributed by atoms with Crippen molar-refractivity contribution in [2.45, 2.75) is 56.9 Å². The number of rotatable bonds is 2. The Morgan fingerprint density at radius 1 is 1.09 bits per heavy atom. The van der Waals surface area contributed by atoms with E-state index in [0.717, 1.165) is 23.3 Å². The summed E-state index contributed by atoms with van der Waals surface area (Å²) < 4.78 is 0. The first kappa shape index (κ1) is 14.8. The molecule has 3 aliphatic rings. The minimum absolute atomic E-state index is 0.0563. The molecule has 2 amide bonds. The maximum Gasteiger partial charge on any atom is 0.263 e. The van der Waals surface area contributed by atoms with E-state index in [-0.39, 0.29) is 24.0 Å². The molecular weight excluding hydrogens is 310 g/mol. The Morgan fingerprint density at radius 3 is 2.52 bits per heavy atom. The van der Waals surface area contributed by atoms with Crippen molar-refractivity contribution in [3.8, 4) is 0 Å². The van der Waals surface area contributed by atoms with Crippen LogP contribution < -0.4 is 0 Å². The molecule has 0 aromatic carbocycles. The monoisotopic (exact) mass is 329 g/mol. The van der Waals surface area contributed by atoms with E-state index in [2.05, 4.69) is 6.58 Å². The zero-order valence-corrected chi connectivity index (χ0v) is 13.8. The molecule has 23 heavy (non-hydrogen) atoms. The van der Waals surface area contributed by atoms with Crippen LogP contribution in [0.15, 0.2) is 17.5 Å². The van der Waals surface area contributed by atoms with Crippen molar-refractivity contribution in [1.82, 2.24) is 4.90 Å². The minimum Gasteiger partial charge on any atom is -0.297 e. The number of allylic oxidation sites excluding steroid dienone is 1. The van der Waals surface area contributed by atoms with Crippen LogP contribution in [-0.2, 0) is 4.79 Å². The second-order valence-electron chi connectivity index (χ2n) is 6.80. The van der Waals surface area contributed by atoms with E-state index in [1.54, 1.807) is 0 Å². The third-order valence-electron chi connectivity index (χ3n) is 5.31. The minimum atomic E-state index is -0.602. The molecule has 0 radical (unpaired) electrons. The van der Waals surface area contributed by atoms with Gasteiger partial charge in [-0.2, -0.15) is 0 Å². The fraction of sp³-hybridized carbons (Fsp3) is 0.500. The summed E-state index contributed by atoms with van der Waals surface area (Å²) in [6.45, 7) is 3.85. The fourth-order valence-corrected chi connectivity index (χ4v) is 5.30. The van der Waals surface area contributed by atoms with E-state index in [1.807, 2.05) is 5.38 Å². The van der Waals surface area contributed by atoms with Crippen LogP contribution in [0.3, 0.4) is 0 Å². The molecular formula is C18H19NO3S. The molecule has 0 spiro atoms. The van der Waals surface area contributed by atoms with E-state index in [9.17, 15) is 14.4 Å². The summed E-state index contributed by atoms with van der Waals surface area (Å²) in [5, 5.41) is 1.81. The number of hydrogen-bond acceptors (Lipinski definition) is 4. The number of ketones is 1. The van der Waals surface area contributed by atoms with Gasteiger partial charge in [0.15, 0.2) is 5.78 Å². The van der Waals surface area contributed by atoms with Crippen molar-refractivity contribution in [2.24, 2.45) is 0 Å². The molecule has 5 heteroatoms. The quantitative estimate of drug-likeness (QED) is 0.614. The van der Waals surface area contributed by atoms with Gasteiger partial charge in [0.1, 0.15) is 0 Å². The lowest BCUT2D eigenvalue weighted by molar-refractivity contribution is -0.123. The van der Waals surface area contributed by atoms with E-state index in [0.29, 0.717) is 29.9 Å². The van der Waals surface area contributed by atoms with Gasteiger partial charge in [-0.05, 0) is 31.6 Å². The predicted molar refractivity (Wildman–Crippen MR) is 87.8 cm³/mol. The number of hydrogen-bond donors (Lipinski definition) is 0. The average Bonchev–Trinajstić information content (AvgIpc) is 3.20. The van der Waals surface area contributed by atoms with Gasteiger partial charge >= 0.3 is 0 Å². The van der Waals surface area contributed by atoms with Gasteiger partial charge < -0.3 is 0 Å². The summed E-state index contributed by atoms with van der Waals surface area (Å²) in [4.78, 5) is 40.2. The van der Waals surface area contributed by atoms with Crippen LogP contribution in [0.4, 0.5) is 0 Å². The summed E-state index contributed by atoms with van der Waals surface area (Å²) in [5.74, 6) is -0.183. The van der Waals surface area contributed by atoms with Crippen LogP contribution in [0.2, 0.25) is 0 Å². The fourth-order valence-electron chi connectivity index (χ4n) is 4.09. The number of nitrogens with zero attached hydrogens (tertiary/aromatic N) is 1. The maximum atomic E-state index is 12.9. The first-order chi connectivity index (χ1) is 11.1. The number of amides is 2. The molecule has 1 unspecified atom stereocenters. The molecule has 1 aromatic heterocycles. The summed E-state index contributed by atoms with van der Waals surface area (Å²) in [6, 6.07) is -0.602. The molecule has 4 rings (SSSR count). The van der Waals surface area contributed by atoms with Gasteiger partial charge in [0.25, 0.3) is 11.8 Å². The molecule has 120 valence electrons. The molecule has 0 saturated heterocycles. The molecule has 2 aliphatic carbocycles. The third-order valence-corrected chi connectivity index (χ3v) is 6.45. The summed E-state index contributed by atoms with van der Waals surface area (Å²) in [6.07, 6.45) is 6.06. The van der Waals surface area contributed by atoms with Crippen LogP contribution >= 0.6 is 11.3 Å². The van der Waals surface area contributed by atoms with Crippen LogP contribution in [-0.4, -0.2) is 28.5 Å². The highest BCUT2D eigenvalue weighted by Crippen LogP contribution is 2.43. The highest BCUT2D eigenvalue weighted by molar-refractivity contribution is 7.11. The van der Waals surface area contributed by atoms with E-state index in [4.69, 9.17) is 0 Å². The molecule has 2 saturated carbocycles. The number of imide groups is 1. The number of Topliss-reactive ketones (excluding diaryl/α,β-unsaturated/α-hetero) is 1. The van der Waals surface area contributed by atoms with Gasteiger partial charge in [0, 0.05) is 16.7 Å². The number of carbonyl (C=O) groups is 3. The molecule has 2 fully saturated rings. The first-order valence-corrected chi connectivity index (χ1v) is 9.14. The summed E-state index contributed by atoms with van der Waals surface area (Å²) in [5.41, 5.74) is 1.99. The Morgan fingerprint density at radius 2 is 1.83 bits per heavy atom. The van der Waals surface area contributed by atoms with Crippen LogP contribution in [0.1, 0.15) is 76.5 Å². The lowest BCUT2D eigenvalue weighted by Gasteiger charge is -2.29. The highest BCUT2D eigenvalue weighted by atomic mass is 32.1. The van der Waals surface area contributed by atoms with Crippen LogP contribution in [0.25, 0.3) is 0 Å². The molecule has 2 heterocycles. The Bertz CT molecular complexity index is 727. The lowest BCUT2D eigenvalue weighted by Crippen LogP contribution is -2.46. The van der Waals surface area contributed by atoms with Crippen molar-refractivity contribution in [3.05, 3.63) is 33.5 Å². The van der Waals surface area contributed by atoms with Crippen molar-refractivity contribution in [2.75, 3.05) is 0 Å². The Kier molecular flexibility index (Phi) is 3.48. The standard InChI is InChI=1S/C18H19NO3S/c1-10-6-7-13(14(20)8-10)19-17(21)12-9-23-16(15(12)18(19)22)11-4-2-3-5-11/h9,11,13H,1-8H2. The number of fused-ring (bicyclic) bond motifs is 1. The normalized spacial score (nSPS) is 25.6. The van der Waals surface area contributed by atoms with Crippen molar-refractivity contribution in [1.29, 1.82) is 0 Å². The summed E-state index contributed by atoms with van der Waals surface area (Å²) >= 11 is 1.54. The van der Waals surface area contributed by atoms with Gasteiger partial charge in [0.05, 0.1) is 17.2 Å². The second-order valence-corrected chi connectivity index (χ2v) is 7.71. The SMILES string of the molecule is C=C1CCC(N2C(=O)c3csc(C4CCCC4)c3C2=O)C(=O)C1. The Labute approximate surface area is 139 Å². The van der Waals surface area contributed by atoms with E-state index in [1.165, 1.54) is 29.1 Å². The zero-order chi connectivity index (χ0) is 16.1. The van der Waals surface area contributed by atoms with Gasteiger partial charge in [-0.3, -0.25) is 19.3 Å². The van der Waals surface area contributed by atoms with Gasteiger partial charge in [-0.25, -0.2) is 0 Å². The van der Waals surface area contributed by atoms with Crippen molar-refractivity contribution >= 4 is 28.9 Å². The molecule has 1 aromatic rings. The molecule has 1 aliphatic heterocycles. The molecule has 4 nitrogen and oxygen atoms in total. The van der Waals surface area contributed by atoms with Crippen molar-refractivity contribution < 1.29 is 14.4 Å². The van der Waals surface area contributed by atoms with E-state index >= 15 is 0 Å². The van der Waals surface area contributed by atoms with Gasteiger partial charge in [-0.1, -0.05) is 25.0 Å². The lowest BCUT2D eigenvalue weighted by atomic mass is 9.89. The van der Waals surface area contributed by atoms with Crippen LogP contribution in [0, 0.1) is 0 Å². The number of thiophene rings is 1. The molecule has 1 atom stereocenters. The van der Waals surface area contributed by atoms with Crippen LogP contribution in [0.5, 0.6) is 0 Å². The molecule has 0 bridgehead atoms. The highest BCUT2D eigenvalue weighted by Gasteiger charge is 2.46. The van der Waals surface area contributed by atoms with Gasteiger partial charge in [0.2, 0.25) is 0 Å². The third kappa shape index (κ3) is 2.21. The largest absolute Gasteiger partial charge is 0.297 e. The first-order valence-electron chi connectivity index (χ1n) is 8.26. The molecule has 0 N–H and O–H groups in total. The average molecular weight is 329 g/mol.